The van der Waals surface area contributed by atoms with Gasteiger partial charge in [0.1, 0.15) is 29.6 Å². The van der Waals surface area contributed by atoms with Gasteiger partial charge < -0.3 is 46.6 Å². The second-order valence-corrected chi connectivity index (χ2v) is 26.5. The molecule has 6 unspecified atom stereocenters. The molecule has 4 aromatic carbocycles. The zero-order valence-corrected chi connectivity index (χ0v) is 53.0. The summed E-state index contributed by atoms with van der Waals surface area (Å²) in [6, 6.07) is 36.1. The molecule has 0 spiro atoms. The zero-order chi connectivity index (χ0) is 63.1. The lowest BCUT2D eigenvalue weighted by molar-refractivity contribution is -0.140. The number of hydrogen-bond acceptors (Lipinski definition) is 10. The molecule has 17 heteroatoms. The number of fused-ring (bicyclic) bond motifs is 2. The van der Waals surface area contributed by atoms with E-state index in [4.69, 9.17) is 10.5 Å². The number of rotatable bonds is 17. The number of aliphatic carboxylic acids is 1. The number of carboxylic acids is 1. The predicted octanol–water partition coefficient (Wildman–Crippen LogP) is 9.54. The van der Waals surface area contributed by atoms with Gasteiger partial charge in [-0.3, -0.25) is 33.7 Å². The highest BCUT2D eigenvalue weighted by atomic mass is 16.6. The van der Waals surface area contributed by atoms with Crippen LogP contribution in [-0.2, 0) is 33.5 Å². The molecule has 7 N–H and O–H groups in total. The molecule has 0 bridgehead atoms. The lowest BCUT2D eigenvalue weighted by atomic mass is 9.83. The molecule has 10 atom stereocenters. The number of carbonyl (C=O) groups is 7. The van der Waals surface area contributed by atoms with Crippen molar-refractivity contribution in [3.05, 3.63) is 144 Å². The number of carboxylic acid groups (broad SMARTS) is 1. The molecule has 476 valence electrons. The van der Waals surface area contributed by atoms with Crippen LogP contribution in [0.25, 0.3) is 0 Å². The van der Waals surface area contributed by atoms with E-state index in [0.29, 0.717) is 24.9 Å². The van der Waals surface area contributed by atoms with E-state index in [-0.39, 0.29) is 71.6 Å². The Bertz CT molecular complexity index is 2840. The van der Waals surface area contributed by atoms with Crippen LogP contribution in [0.5, 0.6) is 0 Å². The minimum absolute atomic E-state index is 0.00206. The van der Waals surface area contributed by atoms with Crippen molar-refractivity contribution in [2.24, 2.45) is 29.4 Å². The summed E-state index contributed by atoms with van der Waals surface area (Å²) in [4.78, 5) is 96.9. The van der Waals surface area contributed by atoms with Gasteiger partial charge in [-0.15, -0.1) is 0 Å². The topological polar surface area (TPSA) is 233 Å². The Hall–Kier alpha value is -7.11. The van der Waals surface area contributed by atoms with Gasteiger partial charge in [-0.1, -0.05) is 160 Å². The van der Waals surface area contributed by atoms with Gasteiger partial charge in [0.15, 0.2) is 0 Å². The molecule has 2 saturated heterocycles. The van der Waals surface area contributed by atoms with Gasteiger partial charge in [-0.05, 0) is 152 Å². The Balaban J connectivity index is 0.000000186. The summed E-state index contributed by atoms with van der Waals surface area (Å²) < 4.78 is 5.40. The third-order valence-electron chi connectivity index (χ3n) is 19.5. The highest BCUT2D eigenvalue weighted by molar-refractivity contribution is 5.92. The van der Waals surface area contributed by atoms with E-state index >= 15 is 0 Å². The number of likely N-dealkylation sites (N-methyl/N-ethyl adjacent to an activating group) is 2. The molecule has 10 rings (SSSR count). The van der Waals surface area contributed by atoms with E-state index in [1.165, 1.54) is 17.7 Å². The Labute approximate surface area is 522 Å². The first-order chi connectivity index (χ1) is 42.3. The highest BCUT2D eigenvalue weighted by Gasteiger charge is 2.50. The molecule has 0 aromatic heterocycles. The molecule has 4 saturated carbocycles. The van der Waals surface area contributed by atoms with Gasteiger partial charge in [0.2, 0.25) is 29.5 Å². The highest BCUT2D eigenvalue weighted by Crippen LogP contribution is 2.41. The Morgan fingerprint density at radius 1 is 0.545 bits per heavy atom. The van der Waals surface area contributed by atoms with Crippen molar-refractivity contribution in [1.29, 1.82) is 0 Å². The number of ether oxygens (including phenoxy) is 1. The quantitative estimate of drug-likeness (QED) is 0.0583. The van der Waals surface area contributed by atoms with E-state index in [0.717, 1.165) is 112 Å². The number of nitrogens with two attached hydrogens (primary N) is 1. The van der Waals surface area contributed by atoms with Crippen LogP contribution >= 0.6 is 0 Å². The zero-order valence-electron chi connectivity index (χ0n) is 53.0. The Morgan fingerprint density at radius 3 is 1.39 bits per heavy atom. The van der Waals surface area contributed by atoms with Crippen molar-refractivity contribution < 1.29 is 43.4 Å². The molecule has 4 aliphatic carbocycles. The van der Waals surface area contributed by atoms with Crippen molar-refractivity contribution in [3.63, 3.8) is 0 Å². The lowest BCUT2D eigenvalue weighted by Crippen LogP contribution is -2.59. The number of carbonyl (C=O) groups excluding carboxylic acids is 6. The van der Waals surface area contributed by atoms with Gasteiger partial charge in [-0.25, -0.2) is 4.79 Å². The van der Waals surface area contributed by atoms with Gasteiger partial charge in [0.05, 0.1) is 18.0 Å². The number of nitrogens with zero attached hydrogens (tertiary/aromatic N) is 3. The van der Waals surface area contributed by atoms with Crippen molar-refractivity contribution in [2.45, 2.75) is 203 Å². The van der Waals surface area contributed by atoms with E-state index in [9.17, 15) is 38.7 Å². The maximum atomic E-state index is 14.2. The fourth-order valence-electron chi connectivity index (χ4n) is 14.6. The van der Waals surface area contributed by atoms with Gasteiger partial charge in [-0.2, -0.15) is 0 Å². The molecule has 88 heavy (non-hydrogen) atoms. The number of benzene rings is 4. The summed E-state index contributed by atoms with van der Waals surface area (Å²) in [6.07, 6.45) is 15.7. The Morgan fingerprint density at radius 2 is 0.955 bits per heavy atom. The molecule has 2 aliphatic heterocycles. The number of likely N-dealkylation sites (tertiary alicyclic amines) is 2. The standard InChI is InChI=1S/C33H44N4O3.C24H42N4O4.C14H12O2/c1-22(34-2)31(38)36-29(25-16-10-5-11-17-25)33(40)37-21-20-26-18-19-27(30(26)37)35-32(39)28(23-12-6-3-7-13-23)24-14-8-4-9-15-24;1-15(27(5)23(31)32-24(2,3)4)21(29)26-19(16-9-7-6-8-10-16)22(30)28-14-13-17-11-12-18(25)20(17)28;15-14(16)13(11-7-3-1-4-8-11)12-9-5-2-6-10-12/h3-4,6-9,12-15,22,25-30,34H,5,10-11,16-21H2,1-2H3,(H,35,39)(H,36,38);15-20H,6-14,25H2,1-5H3,(H,26,29);1-10,13H,(H,15,16)/t22-,26?,27?,29-,30?;15-,17?,18?,19-,20?;/m00./s1. The molecule has 2 heterocycles. The SMILES string of the molecule is CN[C@@H](C)C(=O)N[C@H](C(=O)N1CCC2CCC(NC(=O)C(c3ccccc3)c3ccccc3)C21)C1CCCCC1.C[C@@H](C(=O)N[C@H](C(=O)N1CCC2CCC(N)C21)C1CCCCC1)N(C)C(=O)OC(C)(C)C.O=C(O)C(c1ccccc1)c1ccccc1. The third kappa shape index (κ3) is 17.0. The summed E-state index contributed by atoms with van der Waals surface area (Å²) in [5.41, 5.74) is 9.24. The van der Waals surface area contributed by atoms with Crippen LogP contribution in [-0.4, -0.2) is 143 Å². The van der Waals surface area contributed by atoms with Crippen LogP contribution in [0.3, 0.4) is 0 Å². The maximum absolute atomic E-state index is 14.2. The number of amides is 6. The number of nitrogens with one attached hydrogen (secondary N) is 4. The molecule has 6 fully saturated rings. The number of hydrogen-bond donors (Lipinski definition) is 6. The van der Waals surface area contributed by atoms with E-state index in [1.807, 2.05) is 138 Å². The normalized spacial score (nSPS) is 23.2. The van der Waals surface area contributed by atoms with Gasteiger partial charge in [0.25, 0.3) is 0 Å². The fraction of sp³-hybridized carbons (Fsp3) is 0.563. The van der Waals surface area contributed by atoms with Crippen LogP contribution in [0.1, 0.15) is 171 Å². The first-order valence-corrected chi connectivity index (χ1v) is 32.6. The summed E-state index contributed by atoms with van der Waals surface area (Å²) in [5.74, 6) is -1.14. The van der Waals surface area contributed by atoms with Crippen molar-refractivity contribution in [3.8, 4) is 0 Å². The summed E-state index contributed by atoms with van der Waals surface area (Å²) in [7, 11) is 3.31. The van der Waals surface area contributed by atoms with Crippen molar-refractivity contribution >= 4 is 41.6 Å². The average Bonchev–Trinajstić information content (AvgIpc) is 2.04. The van der Waals surface area contributed by atoms with Crippen molar-refractivity contribution in [2.75, 3.05) is 27.2 Å². The molecule has 4 aromatic rings. The maximum Gasteiger partial charge on any atom is 0.410 e. The molecule has 6 aliphatic rings. The molecule has 17 nitrogen and oxygen atoms in total. The fourth-order valence-corrected chi connectivity index (χ4v) is 14.6. The smallest absolute Gasteiger partial charge is 0.410 e. The lowest BCUT2D eigenvalue weighted by Gasteiger charge is -2.37. The van der Waals surface area contributed by atoms with E-state index in [1.54, 1.807) is 41.8 Å². The first-order valence-electron chi connectivity index (χ1n) is 32.6. The minimum atomic E-state index is -0.822. The van der Waals surface area contributed by atoms with Gasteiger partial charge in [0, 0.05) is 38.3 Å². The minimum Gasteiger partial charge on any atom is -0.481 e. The van der Waals surface area contributed by atoms with Crippen LogP contribution in [0.15, 0.2) is 121 Å². The van der Waals surface area contributed by atoms with Crippen molar-refractivity contribution in [1.82, 2.24) is 36.0 Å². The molecule has 6 amide bonds. The van der Waals surface area contributed by atoms with E-state index < -0.39 is 47.6 Å². The monoisotopic (exact) mass is 1210 g/mol. The van der Waals surface area contributed by atoms with Crippen LogP contribution in [0.4, 0.5) is 4.79 Å². The summed E-state index contributed by atoms with van der Waals surface area (Å²) in [5, 5.41) is 21.8. The molecular formula is C71H98N8O9. The van der Waals surface area contributed by atoms with Gasteiger partial charge >= 0.3 is 12.1 Å². The predicted molar refractivity (Wildman–Crippen MR) is 342 cm³/mol. The van der Waals surface area contributed by atoms with Crippen LogP contribution in [0, 0.1) is 23.7 Å². The summed E-state index contributed by atoms with van der Waals surface area (Å²) in [6.45, 7) is 10.3. The van der Waals surface area contributed by atoms with E-state index in [2.05, 4.69) is 21.3 Å². The average molecular weight is 1210 g/mol. The van der Waals surface area contributed by atoms with Crippen LogP contribution < -0.4 is 27.0 Å². The second kappa shape index (κ2) is 31.4. The molecule has 0 radical (unpaired) electrons. The molecular weight excluding hydrogens is 1110 g/mol. The third-order valence-corrected chi connectivity index (χ3v) is 19.5. The summed E-state index contributed by atoms with van der Waals surface area (Å²) >= 11 is 0. The van der Waals surface area contributed by atoms with Crippen LogP contribution in [0.2, 0.25) is 0 Å². The second-order valence-electron chi connectivity index (χ2n) is 26.5. The first kappa shape index (κ1) is 66.8. The Kier molecular flexibility index (Phi) is 23.8. The largest absolute Gasteiger partial charge is 0.481 e.